The van der Waals surface area contributed by atoms with Crippen LogP contribution >= 0.6 is 0 Å². The van der Waals surface area contributed by atoms with Gasteiger partial charge in [0.2, 0.25) is 5.76 Å². The van der Waals surface area contributed by atoms with E-state index in [4.69, 9.17) is 4.42 Å². The molecule has 1 atom stereocenters. The largest absolute Gasteiger partial charge is 0.450 e. The summed E-state index contributed by atoms with van der Waals surface area (Å²) in [5.41, 5.74) is 2.42. The molecule has 0 saturated heterocycles. The summed E-state index contributed by atoms with van der Waals surface area (Å²) in [6, 6.07) is 9.17. The lowest BCUT2D eigenvalue weighted by molar-refractivity contribution is 0.0726. The van der Waals surface area contributed by atoms with Gasteiger partial charge >= 0.3 is 0 Å². The molecule has 0 aliphatic carbocycles. The highest BCUT2D eigenvalue weighted by Gasteiger charge is 2.43. The first kappa shape index (κ1) is 17.5. The number of aryl methyl sites for hydroxylation is 2. The fourth-order valence-electron chi connectivity index (χ4n) is 4.01. The van der Waals surface area contributed by atoms with Crippen LogP contribution in [0.5, 0.6) is 0 Å². The van der Waals surface area contributed by atoms with Crippen LogP contribution in [0.25, 0.3) is 11.0 Å². The fraction of sp³-hybridized carbons (Fsp3) is 0.273. The summed E-state index contributed by atoms with van der Waals surface area (Å²) < 4.78 is 20.5. The maximum absolute atomic E-state index is 14.6. The molecule has 0 bridgehead atoms. The molecular formula is C22H20FNO3. The minimum atomic E-state index is -0.769. The normalized spacial score (nSPS) is 16.2. The molecule has 1 aliphatic rings. The molecule has 2 heterocycles. The highest BCUT2D eigenvalue weighted by molar-refractivity contribution is 5.99. The molecule has 0 saturated carbocycles. The van der Waals surface area contributed by atoms with E-state index in [2.05, 4.69) is 0 Å². The van der Waals surface area contributed by atoms with Crippen molar-refractivity contribution < 1.29 is 13.6 Å². The van der Waals surface area contributed by atoms with Gasteiger partial charge < -0.3 is 9.32 Å². The molecule has 1 aliphatic heterocycles. The Morgan fingerprint density at radius 2 is 1.89 bits per heavy atom. The second-order valence-electron chi connectivity index (χ2n) is 7.05. The lowest BCUT2D eigenvalue weighted by atomic mass is 9.96. The van der Waals surface area contributed by atoms with Gasteiger partial charge in [0.05, 0.1) is 17.0 Å². The number of halogens is 1. The van der Waals surface area contributed by atoms with Crippen molar-refractivity contribution in [1.29, 1.82) is 0 Å². The van der Waals surface area contributed by atoms with Crippen LogP contribution in [0, 0.1) is 19.7 Å². The van der Waals surface area contributed by atoms with Gasteiger partial charge in [-0.2, -0.15) is 0 Å². The van der Waals surface area contributed by atoms with E-state index >= 15 is 0 Å². The van der Waals surface area contributed by atoms with E-state index in [0.29, 0.717) is 29.5 Å². The van der Waals surface area contributed by atoms with Crippen molar-refractivity contribution in [3.8, 4) is 0 Å². The summed E-state index contributed by atoms with van der Waals surface area (Å²) in [7, 11) is 0. The molecule has 138 valence electrons. The number of benzene rings is 2. The molecule has 3 aromatic rings. The molecule has 2 aromatic carbocycles. The molecule has 27 heavy (non-hydrogen) atoms. The average molecular weight is 365 g/mol. The van der Waals surface area contributed by atoms with E-state index in [1.807, 2.05) is 26.8 Å². The minimum absolute atomic E-state index is 0.0270. The topological polar surface area (TPSA) is 50.5 Å². The van der Waals surface area contributed by atoms with Crippen molar-refractivity contribution in [2.24, 2.45) is 0 Å². The van der Waals surface area contributed by atoms with Gasteiger partial charge in [-0.1, -0.05) is 31.2 Å². The molecular weight excluding hydrogens is 345 g/mol. The number of fused-ring (bicyclic) bond motifs is 2. The molecule has 1 aromatic heterocycles. The molecule has 4 nitrogen and oxygen atoms in total. The van der Waals surface area contributed by atoms with Gasteiger partial charge in [0.15, 0.2) is 5.43 Å². The van der Waals surface area contributed by atoms with Crippen LogP contribution in [0.4, 0.5) is 4.39 Å². The van der Waals surface area contributed by atoms with Crippen LogP contribution in [0.2, 0.25) is 0 Å². The number of rotatable bonds is 3. The Hall–Kier alpha value is -2.95. The summed E-state index contributed by atoms with van der Waals surface area (Å²) in [5.74, 6) is -0.776. The van der Waals surface area contributed by atoms with Gasteiger partial charge in [-0.15, -0.1) is 0 Å². The highest BCUT2D eigenvalue weighted by atomic mass is 19.1. The van der Waals surface area contributed by atoms with Crippen LogP contribution in [0.1, 0.15) is 52.2 Å². The Kier molecular flexibility index (Phi) is 4.10. The zero-order valence-corrected chi connectivity index (χ0v) is 15.5. The van der Waals surface area contributed by atoms with Crippen molar-refractivity contribution in [1.82, 2.24) is 4.90 Å². The number of hydrogen-bond donors (Lipinski definition) is 0. The van der Waals surface area contributed by atoms with Crippen LogP contribution < -0.4 is 5.43 Å². The van der Waals surface area contributed by atoms with E-state index < -0.39 is 11.9 Å². The number of carbonyl (C=O) groups excluding carboxylic acids is 1. The number of hydrogen-bond acceptors (Lipinski definition) is 3. The first-order valence-corrected chi connectivity index (χ1v) is 9.07. The van der Waals surface area contributed by atoms with Gasteiger partial charge in [0.25, 0.3) is 5.91 Å². The van der Waals surface area contributed by atoms with Gasteiger partial charge in [0, 0.05) is 12.1 Å². The average Bonchev–Trinajstić information content (AvgIpc) is 2.88. The third kappa shape index (κ3) is 2.57. The molecule has 0 N–H and O–H groups in total. The van der Waals surface area contributed by atoms with Crippen molar-refractivity contribution >= 4 is 16.9 Å². The van der Waals surface area contributed by atoms with Crippen LogP contribution in [-0.4, -0.2) is 17.4 Å². The Balaban J connectivity index is 2.08. The van der Waals surface area contributed by atoms with Crippen LogP contribution in [0.15, 0.2) is 45.6 Å². The molecule has 0 spiro atoms. The first-order chi connectivity index (χ1) is 12.9. The molecule has 0 radical (unpaired) electrons. The lowest BCUT2D eigenvalue weighted by Crippen LogP contribution is -2.30. The Morgan fingerprint density at radius 1 is 1.15 bits per heavy atom. The van der Waals surface area contributed by atoms with E-state index in [9.17, 15) is 14.0 Å². The predicted octanol–water partition coefficient (Wildman–Crippen LogP) is 4.50. The monoisotopic (exact) mass is 365 g/mol. The second kappa shape index (κ2) is 6.34. The zero-order chi connectivity index (χ0) is 19.3. The van der Waals surface area contributed by atoms with Crippen LogP contribution in [0.3, 0.4) is 0 Å². The minimum Gasteiger partial charge on any atom is -0.450 e. The Labute approximate surface area is 156 Å². The van der Waals surface area contributed by atoms with Crippen LogP contribution in [-0.2, 0) is 0 Å². The number of nitrogens with zero attached hydrogens (tertiary/aromatic N) is 1. The quantitative estimate of drug-likeness (QED) is 0.686. The van der Waals surface area contributed by atoms with E-state index in [0.717, 1.165) is 11.1 Å². The van der Waals surface area contributed by atoms with Gasteiger partial charge in [0.1, 0.15) is 11.4 Å². The smallest absolute Gasteiger partial charge is 0.290 e. The Morgan fingerprint density at radius 3 is 2.59 bits per heavy atom. The van der Waals surface area contributed by atoms with Crippen molar-refractivity contribution in [2.45, 2.75) is 33.2 Å². The second-order valence-corrected chi connectivity index (χ2v) is 7.05. The summed E-state index contributed by atoms with van der Waals surface area (Å²) in [6.07, 6.45) is 0.691. The third-order valence-corrected chi connectivity index (χ3v) is 5.08. The summed E-state index contributed by atoms with van der Waals surface area (Å²) in [4.78, 5) is 27.9. The van der Waals surface area contributed by atoms with Gasteiger partial charge in [-0.3, -0.25) is 9.59 Å². The summed E-state index contributed by atoms with van der Waals surface area (Å²) >= 11 is 0. The molecule has 0 unspecified atom stereocenters. The van der Waals surface area contributed by atoms with Crippen molar-refractivity contribution in [3.63, 3.8) is 0 Å². The maximum atomic E-state index is 14.6. The molecule has 1 amide bonds. The predicted molar refractivity (Wildman–Crippen MR) is 102 cm³/mol. The third-order valence-electron chi connectivity index (χ3n) is 5.08. The zero-order valence-electron chi connectivity index (χ0n) is 15.5. The molecule has 4 rings (SSSR count). The first-order valence-electron chi connectivity index (χ1n) is 9.07. The van der Waals surface area contributed by atoms with E-state index in [1.54, 1.807) is 24.3 Å². The highest BCUT2D eigenvalue weighted by Crippen LogP contribution is 2.39. The standard InChI is InChI=1S/C22H20FNO3/c1-4-9-24-19(14-7-5-6-8-15(14)23)18-20(25)17-13(3)10-12(2)11-16(17)27-21(18)22(24)26/h5-8,10-11,19H,4,9H2,1-3H3/t19-/m0/s1. The summed E-state index contributed by atoms with van der Waals surface area (Å²) in [5, 5.41) is 0.451. The summed E-state index contributed by atoms with van der Waals surface area (Å²) in [6.45, 7) is 6.11. The number of carbonyl (C=O) groups is 1. The van der Waals surface area contributed by atoms with E-state index in [-0.39, 0.29) is 22.7 Å². The number of amides is 1. The molecule has 0 fully saturated rings. The maximum Gasteiger partial charge on any atom is 0.290 e. The van der Waals surface area contributed by atoms with Crippen molar-refractivity contribution in [3.05, 3.63) is 80.5 Å². The molecule has 5 heteroatoms. The SMILES string of the molecule is CCCN1C(=O)c2oc3cc(C)cc(C)c3c(=O)c2[C@@H]1c1ccccc1F. The van der Waals surface area contributed by atoms with Gasteiger partial charge in [-0.25, -0.2) is 4.39 Å². The fourth-order valence-corrected chi connectivity index (χ4v) is 4.01. The lowest BCUT2D eigenvalue weighted by Gasteiger charge is -2.24. The Bertz CT molecular complexity index is 1130. The van der Waals surface area contributed by atoms with Gasteiger partial charge in [-0.05, 0) is 43.5 Å². The van der Waals surface area contributed by atoms with Crippen molar-refractivity contribution in [2.75, 3.05) is 6.54 Å². The van der Waals surface area contributed by atoms with E-state index in [1.165, 1.54) is 11.0 Å².